The first kappa shape index (κ1) is 15.4. The topological polar surface area (TPSA) is 52.7 Å². The van der Waals surface area contributed by atoms with Crippen molar-refractivity contribution in [3.05, 3.63) is 94.4 Å². The number of benzene rings is 2. The van der Waals surface area contributed by atoms with Crippen LogP contribution >= 0.6 is 11.6 Å². The van der Waals surface area contributed by atoms with Crippen molar-refractivity contribution in [2.24, 2.45) is 0 Å². The zero-order valence-electron chi connectivity index (χ0n) is 13.1. The molecule has 0 bridgehead atoms. The second-order valence-electron chi connectivity index (χ2n) is 5.42. The van der Waals surface area contributed by atoms with E-state index in [2.05, 4.69) is 10.2 Å². The Kier molecular flexibility index (Phi) is 3.91. The summed E-state index contributed by atoms with van der Waals surface area (Å²) in [6.07, 6.45) is 3.29. The van der Waals surface area contributed by atoms with Gasteiger partial charge in [0, 0.05) is 17.3 Å². The van der Waals surface area contributed by atoms with Gasteiger partial charge in [0.2, 0.25) is 5.43 Å². The molecule has 25 heavy (non-hydrogen) atoms. The molecule has 0 unspecified atom stereocenters. The summed E-state index contributed by atoms with van der Waals surface area (Å²) >= 11 is 6.07. The van der Waals surface area contributed by atoms with E-state index in [1.165, 1.54) is 6.07 Å². The van der Waals surface area contributed by atoms with Crippen LogP contribution in [0.3, 0.4) is 0 Å². The van der Waals surface area contributed by atoms with Gasteiger partial charge in [-0.3, -0.25) is 4.79 Å². The minimum absolute atomic E-state index is 0.170. The number of aromatic nitrogens is 4. The van der Waals surface area contributed by atoms with Crippen LogP contribution in [0.25, 0.3) is 22.8 Å². The van der Waals surface area contributed by atoms with Gasteiger partial charge in [0.05, 0.1) is 23.3 Å². The lowest BCUT2D eigenvalue weighted by Crippen LogP contribution is -2.14. The summed E-state index contributed by atoms with van der Waals surface area (Å²) in [6.45, 7) is 0. The van der Waals surface area contributed by atoms with Gasteiger partial charge in [-0.2, -0.15) is 10.2 Å². The van der Waals surface area contributed by atoms with Crippen LogP contribution in [0.5, 0.6) is 0 Å². The van der Waals surface area contributed by atoms with Gasteiger partial charge < -0.3 is 0 Å². The Labute approximate surface area is 148 Å². The normalized spacial score (nSPS) is 10.8. The Morgan fingerprint density at radius 3 is 2.48 bits per heavy atom. The monoisotopic (exact) mass is 348 g/mol. The molecule has 0 saturated carbocycles. The van der Waals surface area contributed by atoms with Crippen molar-refractivity contribution in [2.75, 3.05) is 0 Å². The molecule has 2 heterocycles. The number of halogens is 1. The van der Waals surface area contributed by atoms with Crippen molar-refractivity contribution in [1.82, 2.24) is 19.6 Å². The highest BCUT2D eigenvalue weighted by molar-refractivity contribution is 6.30. The first-order chi connectivity index (χ1) is 12.2. The van der Waals surface area contributed by atoms with Gasteiger partial charge in [-0.15, -0.1) is 0 Å². The van der Waals surface area contributed by atoms with Crippen molar-refractivity contribution in [1.29, 1.82) is 0 Å². The average Bonchev–Trinajstić information content (AvgIpc) is 3.12. The minimum Gasteiger partial charge on any atom is -0.287 e. The second-order valence-corrected chi connectivity index (χ2v) is 5.85. The first-order valence-corrected chi connectivity index (χ1v) is 8.06. The Morgan fingerprint density at radius 1 is 0.880 bits per heavy atom. The summed E-state index contributed by atoms with van der Waals surface area (Å²) in [7, 11) is 0. The Bertz CT molecular complexity index is 1090. The van der Waals surface area contributed by atoms with E-state index >= 15 is 0 Å². The molecule has 6 heteroatoms. The molecule has 0 radical (unpaired) electrons. The Hall–Kier alpha value is -3.18. The molecule has 2 aromatic carbocycles. The van der Waals surface area contributed by atoms with Crippen LogP contribution in [0.2, 0.25) is 5.02 Å². The van der Waals surface area contributed by atoms with Crippen LogP contribution in [-0.4, -0.2) is 19.6 Å². The maximum atomic E-state index is 12.4. The standard InChI is InChI=1S/C19H13ClN4O/c20-14-5-4-8-16(13-14)24-17(9-11-21-24)19-18(25)10-12-23(22-19)15-6-2-1-3-7-15/h1-13H. The lowest BCUT2D eigenvalue weighted by Gasteiger charge is -2.09. The number of hydrogen-bond acceptors (Lipinski definition) is 3. The van der Waals surface area contributed by atoms with E-state index in [9.17, 15) is 4.79 Å². The SMILES string of the molecule is O=c1ccn(-c2ccccc2)nc1-c1ccnn1-c1cccc(Cl)c1. The molecule has 0 saturated heterocycles. The molecule has 4 aromatic rings. The summed E-state index contributed by atoms with van der Waals surface area (Å²) in [5, 5.41) is 9.42. The summed E-state index contributed by atoms with van der Waals surface area (Å²) in [5.74, 6) is 0. The molecule has 4 rings (SSSR count). The zero-order chi connectivity index (χ0) is 17.2. The van der Waals surface area contributed by atoms with Gasteiger partial charge in [0.25, 0.3) is 0 Å². The highest BCUT2D eigenvalue weighted by Crippen LogP contribution is 2.20. The third-order valence-corrected chi connectivity index (χ3v) is 4.00. The smallest absolute Gasteiger partial charge is 0.209 e. The highest BCUT2D eigenvalue weighted by Gasteiger charge is 2.13. The van der Waals surface area contributed by atoms with Crippen LogP contribution < -0.4 is 5.43 Å². The van der Waals surface area contributed by atoms with Gasteiger partial charge in [0.15, 0.2) is 5.69 Å². The summed E-state index contributed by atoms with van der Waals surface area (Å²) in [5.41, 5.74) is 2.40. The molecule has 0 amide bonds. The zero-order valence-corrected chi connectivity index (χ0v) is 13.8. The van der Waals surface area contributed by atoms with Crippen molar-refractivity contribution < 1.29 is 0 Å². The van der Waals surface area contributed by atoms with Gasteiger partial charge >= 0.3 is 0 Å². The predicted octanol–water partition coefficient (Wildman–Crippen LogP) is 3.74. The van der Waals surface area contributed by atoms with Gasteiger partial charge in [-0.25, -0.2) is 9.36 Å². The van der Waals surface area contributed by atoms with Crippen LogP contribution in [0.15, 0.2) is 83.9 Å². The fourth-order valence-corrected chi connectivity index (χ4v) is 2.79. The molecule has 0 spiro atoms. The fraction of sp³-hybridized carbons (Fsp3) is 0. The quantitative estimate of drug-likeness (QED) is 0.566. The minimum atomic E-state index is -0.170. The molecule has 122 valence electrons. The van der Waals surface area contributed by atoms with E-state index in [-0.39, 0.29) is 5.43 Å². The van der Waals surface area contributed by atoms with Crippen molar-refractivity contribution in [2.45, 2.75) is 0 Å². The van der Waals surface area contributed by atoms with E-state index in [1.807, 2.05) is 42.5 Å². The second kappa shape index (κ2) is 6.37. The maximum Gasteiger partial charge on any atom is 0.209 e. The molecule has 5 nitrogen and oxygen atoms in total. The largest absolute Gasteiger partial charge is 0.287 e. The highest BCUT2D eigenvalue weighted by atomic mass is 35.5. The number of rotatable bonds is 3. The molecular formula is C19H13ClN4O. The van der Waals surface area contributed by atoms with E-state index in [0.717, 1.165) is 11.4 Å². The average molecular weight is 349 g/mol. The van der Waals surface area contributed by atoms with Crippen molar-refractivity contribution >= 4 is 11.6 Å². The molecule has 2 aromatic heterocycles. The van der Waals surface area contributed by atoms with Gasteiger partial charge in [0.1, 0.15) is 0 Å². The molecule has 0 aliphatic rings. The van der Waals surface area contributed by atoms with Crippen molar-refractivity contribution in [3.8, 4) is 22.8 Å². The third kappa shape index (κ3) is 2.97. The molecular weight excluding hydrogens is 336 g/mol. The molecule has 0 aliphatic heterocycles. The van der Waals surface area contributed by atoms with Gasteiger partial charge in [-0.1, -0.05) is 35.9 Å². The first-order valence-electron chi connectivity index (χ1n) is 7.68. The van der Waals surface area contributed by atoms with Gasteiger partial charge in [-0.05, 0) is 36.4 Å². The van der Waals surface area contributed by atoms with E-state index in [1.54, 1.807) is 40.0 Å². The van der Waals surface area contributed by atoms with E-state index in [0.29, 0.717) is 16.4 Å². The van der Waals surface area contributed by atoms with Crippen LogP contribution in [0.4, 0.5) is 0 Å². The summed E-state index contributed by atoms with van der Waals surface area (Å²) in [6, 6.07) is 20.2. The van der Waals surface area contributed by atoms with Crippen LogP contribution in [0.1, 0.15) is 0 Å². The molecule has 0 atom stereocenters. The summed E-state index contributed by atoms with van der Waals surface area (Å²) < 4.78 is 3.33. The van der Waals surface area contributed by atoms with Crippen molar-refractivity contribution in [3.63, 3.8) is 0 Å². The third-order valence-electron chi connectivity index (χ3n) is 3.77. The van der Waals surface area contributed by atoms with E-state index in [4.69, 9.17) is 11.6 Å². The lowest BCUT2D eigenvalue weighted by atomic mass is 10.2. The molecule has 0 aliphatic carbocycles. The molecule has 0 fully saturated rings. The molecule has 0 N–H and O–H groups in total. The van der Waals surface area contributed by atoms with Crippen LogP contribution in [-0.2, 0) is 0 Å². The predicted molar refractivity (Wildman–Crippen MR) is 97.4 cm³/mol. The summed E-state index contributed by atoms with van der Waals surface area (Å²) in [4.78, 5) is 12.4. The maximum absolute atomic E-state index is 12.4. The van der Waals surface area contributed by atoms with E-state index < -0.39 is 0 Å². The Balaban J connectivity index is 1.87. The van der Waals surface area contributed by atoms with Crippen LogP contribution in [0, 0.1) is 0 Å². The fourth-order valence-electron chi connectivity index (χ4n) is 2.61. The number of nitrogens with zero attached hydrogens (tertiary/aromatic N) is 4. The number of para-hydroxylation sites is 1. The lowest BCUT2D eigenvalue weighted by molar-refractivity contribution is 0.823. The number of hydrogen-bond donors (Lipinski definition) is 0. The Morgan fingerprint density at radius 2 is 1.68 bits per heavy atom.